The van der Waals surface area contributed by atoms with Gasteiger partial charge in [-0.05, 0) is 75.3 Å². The van der Waals surface area contributed by atoms with Crippen LogP contribution >= 0.6 is 8.81 Å². The van der Waals surface area contributed by atoms with Crippen LogP contribution < -0.4 is 10.0 Å². The van der Waals surface area contributed by atoms with Crippen LogP contribution in [-0.4, -0.2) is 18.5 Å². The lowest BCUT2D eigenvalue weighted by molar-refractivity contribution is 0.0817. The summed E-state index contributed by atoms with van der Waals surface area (Å²) in [7, 11) is 0.342. The van der Waals surface area contributed by atoms with E-state index < -0.39 is 6.10 Å². The summed E-state index contributed by atoms with van der Waals surface area (Å²) < 4.78 is 11.2. The van der Waals surface area contributed by atoms with Crippen molar-refractivity contribution in [3.8, 4) is 5.75 Å². The number of hydrogen-bond donors (Lipinski definition) is 0. The van der Waals surface area contributed by atoms with Gasteiger partial charge in [-0.3, -0.25) is 4.79 Å². The molecule has 0 bridgehead atoms. The summed E-state index contributed by atoms with van der Waals surface area (Å²) in [6.07, 6.45) is -0.523. The van der Waals surface area contributed by atoms with E-state index in [-0.39, 0.29) is 5.78 Å². The van der Waals surface area contributed by atoms with Crippen molar-refractivity contribution >= 4 is 19.9 Å². The number of carbonyl (C=O) groups excluding carboxylic acids is 1. The summed E-state index contributed by atoms with van der Waals surface area (Å²) in [6.45, 7) is 10.5. The van der Waals surface area contributed by atoms with Crippen molar-refractivity contribution in [1.29, 1.82) is 0 Å². The van der Waals surface area contributed by atoms with Gasteiger partial charge in [0.05, 0.1) is 0 Å². The van der Waals surface area contributed by atoms with Gasteiger partial charge in [-0.15, -0.1) is 0 Å². The Morgan fingerprint density at radius 1 is 1.08 bits per heavy atom. The quantitative estimate of drug-likeness (QED) is 0.547. The Morgan fingerprint density at radius 2 is 1.67 bits per heavy atom. The number of rotatable bonds is 7. The van der Waals surface area contributed by atoms with Crippen molar-refractivity contribution in [2.24, 2.45) is 0 Å². The summed E-state index contributed by atoms with van der Waals surface area (Å²) in [5.41, 5.74) is 3.94. The van der Waals surface area contributed by atoms with E-state index >= 15 is 0 Å². The zero-order valence-corrected chi connectivity index (χ0v) is 16.0. The highest BCUT2D eigenvalue weighted by atomic mass is 31.1. The zero-order valence-electron chi connectivity index (χ0n) is 15.0. The summed E-state index contributed by atoms with van der Waals surface area (Å²) in [5.74, 6) is 0.716. The highest BCUT2D eigenvalue weighted by Crippen LogP contribution is 2.21. The molecule has 0 N–H and O–H groups in total. The van der Waals surface area contributed by atoms with Crippen molar-refractivity contribution in [3.63, 3.8) is 0 Å². The molecule has 2 atom stereocenters. The second-order valence-electron chi connectivity index (χ2n) is 5.96. The Kier molecular flexibility index (Phi) is 6.53. The third-order valence-corrected chi connectivity index (χ3v) is 4.80. The smallest absolute Gasteiger partial charge is 0.203 e. The molecule has 0 fully saturated rings. The van der Waals surface area contributed by atoms with E-state index in [9.17, 15) is 4.79 Å². The standard InChI is InChI=1S/C20H25O3P/c1-6-22-24-18-9-7-17(8-10-18)23-16(5)20(21)19-14(3)11-13(2)12-15(19)4/h7-12,16,24H,6H2,1-5H3. The molecule has 0 heterocycles. The fraction of sp³-hybridized carbons (Fsp3) is 0.350. The molecule has 0 saturated heterocycles. The molecule has 0 aliphatic heterocycles. The van der Waals surface area contributed by atoms with Gasteiger partial charge in [0.15, 0.2) is 6.10 Å². The van der Waals surface area contributed by atoms with Crippen LogP contribution in [-0.2, 0) is 4.52 Å². The lowest BCUT2D eigenvalue weighted by Crippen LogP contribution is -2.25. The predicted octanol–water partition coefficient (Wildman–Crippen LogP) is 4.52. The first-order chi connectivity index (χ1) is 11.4. The first-order valence-electron chi connectivity index (χ1n) is 8.19. The van der Waals surface area contributed by atoms with Crippen LogP contribution in [0, 0.1) is 20.8 Å². The summed E-state index contributed by atoms with van der Waals surface area (Å²) in [6, 6.07) is 11.8. The summed E-state index contributed by atoms with van der Waals surface area (Å²) >= 11 is 0. The number of ketones is 1. The maximum absolute atomic E-state index is 12.8. The Hall–Kier alpha value is -1.70. The van der Waals surface area contributed by atoms with Gasteiger partial charge in [-0.1, -0.05) is 17.7 Å². The van der Waals surface area contributed by atoms with Crippen LogP contribution in [0.15, 0.2) is 36.4 Å². The van der Waals surface area contributed by atoms with Crippen molar-refractivity contribution in [2.75, 3.05) is 6.61 Å². The van der Waals surface area contributed by atoms with E-state index in [2.05, 4.69) is 0 Å². The minimum atomic E-state index is -0.523. The number of ether oxygens (including phenoxy) is 1. The maximum Gasteiger partial charge on any atom is 0.203 e. The number of aryl methyl sites for hydroxylation is 3. The number of benzene rings is 2. The molecule has 0 aliphatic carbocycles. The topological polar surface area (TPSA) is 35.5 Å². The van der Waals surface area contributed by atoms with Gasteiger partial charge in [0, 0.05) is 21.0 Å². The van der Waals surface area contributed by atoms with E-state index in [1.165, 1.54) is 5.56 Å². The van der Waals surface area contributed by atoms with Gasteiger partial charge >= 0.3 is 0 Å². The SMILES string of the molecule is CCOPc1ccc(OC(C)C(=O)c2c(C)cc(C)cc2C)cc1. The molecule has 2 rings (SSSR count). The minimum Gasteiger partial charge on any atom is -0.483 e. The van der Waals surface area contributed by atoms with Gasteiger partial charge in [-0.2, -0.15) is 0 Å². The van der Waals surface area contributed by atoms with Gasteiger partial charge in [0.1, 0.15) is 5.75 Å². The molecule has 3 nitrogen and oxygen atoms in total. The monoisotopic (exact) mass is 344 g/mol. The van der Waals surface area contributed by atoms with E-state index in [4.69, 9.17) is 9.26 Å². The summed E-state index contributed by atoms with van der Waals surface area (Å²) in [4.78, 5) is 12.8. The number of carbonyl (C=O) groups is 1. The second-order valence-corrected chi connectivity index (χ2v) is 7.03. The van der Waals surface area contributed by atoms with Crippen molar-refractivity contribution in [1.82, 2.24) is 0 Å². The van der Waals surface area contributed by atoms with Crippen molar-refractivity contribution < 1.29 is 14.1 Å². The Bertz CT molecular complexity index is 684. The molecular weight excluding hydrogens is 319 g/mol. The molecule has 2 unspecified atom stereocenters. The average Bonchev–Trinajstić information content (AvgIpc) is 2.53. The van der Waals surface area contributed by atoms with Gasteiger partial charge in [0.25, 0.3) is 0 Å². The van der Waals surface area contributed by atoms with E-state index in [1.54, 1.807) is 6.92 Å². The van der Waals surface area contributed by atoms with Crippen molar-refractivity contribution in [2.45, 2.75) is 40.7 Å². The van der Waals surface area contributed by atoms with Crippen molar-refractivity contribution in [3.05, 3.63) is 58.7 Å². The molecule has 0 amide bonds. The highest BCUT2D eigenvalue weighted by Gasteiger charge is 2.21. The summed E-state index contributed by atoms with van der Waals surface area (Å²) in [5, 5.41) is 1.12. The first kappa shape index (κ1) is 18.6. The van der Waals surface area contributed by atoms with E-state index in [0.717, 1.165) is 22.0 Å². The molecule has 0 aromatic heterocycles. The fourth-order valence-electron chi connectivity index (χ4n) is 2.79. The molecule has 128 valence electrons. The van der Waals surface area contributed by atoms with Gasteiger partial charge in [0.2, 0.25) is 5.78 Å². The third-order valence-electron chi connectivity index (χ3n) is 3.79. The number of hydrogen-bond acceptors (Lipinski definition) is 3. The highest BCUT2D eigenvalue weighted by molar-refractivity contribution is 7.41. The van der Waals surface area contributed by atoms with Crippen LogP contribution in [0.1, 0.15) is 40.9 Å². The molecule has 0 aliphatic rings. The van der Waals surface area contributed by atoms with Crippen LogP contribution in [0.2, 0.25) is 0 Å². The number of Topliss-reactive ketones (excluding diaryl/α,β-unsaturated/α-hetero) is 1. The van der Waals surface area contributed by atoms with E-state index in [1.807, 2.05) is 64.1 Å². The van der Waals surface area contributed by atoms with Gasteiger partial charge in [-0.25, -0.2) is 0 Å². The lowest BCUT2D eigenvalue weighted by Gasteiger charge is -2.17. The molecule has 4 heteroatoms. The largest absolute Gasteiger partial charge is 0.483 e. The molecule has 24 heavy (non-hydrogen) atoms. The second kappa shape index (κ2) is 8.41. The molecule has 2 aromatic carbocycles. The molecule has 0 radical (unpaired) electrons. The molecule has 2 aromatic rings. The van der Waals surface area contributed by atoms with Gasteiger partial charge < -0.3 is 9.26 Å². The zero-order chi connectivity index (χ0) is 17.7. The predicted molar refractivity (Wildman–Crippen MR) is 101 cm³/mol. The minimum absolute atomic E-state index is 0.0188. The molecule has 0 saturated carbocycles. The molecular formula is C20H25O3P. The van der Waals surface area contributed by atoms with Crippen LogP contribution in [0.5, 0.6) is 5.75 Å². The third kappa shape index (κ3) is 4.66. The lowest BCUT2D eigenvalue weighted by atomic mass is 9.94. The van der Waals surface area contributed by atoms with Crippen LogP contribution in [0.4, 0.5) is 0 Å². The van der Waals surface area contributed by atoms with Crippen LogP contribution in [0.25, 0.3) is 0 Å². The Balaban J connectivity index is 2.09. The normalized spacial score (nSPS) is 12.5. The maximum atomic E-state index is 12.8. The fourth-order valence-corrected chi connectivity index (χ4v) is 3.40. The van der Waals surface area contributed by atoms with E-state index in [0.29, 0.717) is 21.2 Å². The molecule has 0 spiro atoms. The Morgan fingerprint density at radius 3 is 2.21 bits per heavy atom. The first-order valence-corrected chi connectivity index (χ1v) is 9.09. The Labute approximate surface area is 146 Å². The average molecular weight is 344 g/mol. The van der Waals surface area contributed by atoms with Crippen LogP contribution in [0.3, 0.4) is 0 Å².